The molecule has 28 heavy (non-hydrogen) atoms. The van der Waals surface area contributed by atoms with Crippen LogP contribution in [-0.2, 0) is 16.1 Å². The molecule has 0 fully saturated rings. The monoisotopic (exact) mass is 401 g/mol. The fourth-order valence-corrected chi connectivity index (χ4v) is 4.09. The lowest BCUT2D eigenvalue weighted by atomic mass is 9.99. The average Bonchev–Trinajstić information content (AvgIpc) is 3.15. The molecule has 1 aliphatic rings. The first-order chi connectivity index (χ1) is 13.4. The number of fused-ring (bicyclic) bond motifs is 1. The van der Waals surface area contributed by atoms with E-state index in [9.17, 15) is 9.59 Å². The van der Waals surface area contributed by atoms with E-state index in [2.05, 4.69) is 18.4 Å². The van der Waals surface area contributed by atoms with E-state index in [1.54, 1.807) is 4.90 Å². The normalized spacial score (nSPS) is 16.2. The Hall–Kier alpha value is -2.27. The maximum absolute atomic E-state index is 13.3. The number of benzene rings is 1. The second kappa shape index (κ2) is 8.82. The van der Waals surface area contributed by atoms with Crippen LogP contribution in [-0.4, -0.2) is 45.8 Å². The van der Waals surface area contributed by atoms with Crippen LogP contribution in [0.15, 0.2) is 42.6 Å². The predicted octanol–water partition coefficient (Wildman–Crippen LogP) is 3.97. The molecule has 2 heterocycles. The summed E-state index contributed by atoms with van der Waals surface area (Å²) in [5, 5.41) is 0.642. The maximum atomic E-state index is 13.3. The van der Waals surface area contributed by atoms with Gasteiger partial charge in [0, 0.05) is 43.0 Å². The summed E-state index contributed by atoms with van der Waals surface area (Å²) in [6.07, 6.45) is 2.43. The van der Waals surface area contributed by atoms with Crippen LogP contribution in [0.1, 0.15) is 44.5 Å². The van der Waals surface area contributed by atoms with Crippen molar-refractivity contribution in [1.82, 2.24) is 14.4 Å². The summed E-state index contributed by atoms with van der Waals surface area (Å²) < 4.78 is 2.17. The highest BCUT2D eigenvalue weighted by atomic mass is 35.5. The molecule has 0 radical (unpaired) electrons. The molecule has 0 aliphatic carbocycles. The second-order valence-electron chi connectivity index (χ2n) is 7.66. The molecule has 6 heteroatoms. The molecular formula is C22H28ClN3O2. The molecule has 1 aromatic heterocycles. The van der Waals surface area contributed by atoms with Gasteiger partial charge in [0.1, 0.15) is 0 Å². The summed E-state index contributed by atoms with van der Waals surface area (Å²) in [4.78, 5) is 29.2. The quantitative estimate of drug-likeness (QED) is 0.735. The molecule has 0 saturated heterocycles. The summed E-state index contributed by atoms with van der Waals surface area (Å²) >= 11 is 6.50. The molecule has 0 bridgehead atoms. The Morgan fingerprint density at radius 3 is 2.61 bits per heavy atom. The van der Waals surface area contributed by atoms with E-state index in [-0.39, 0.29) is 24.4 Å². The van der Waals surface area contributed by atoms with Crippen molar-refractivity contribution in [1.29, 1.82) is 0 Å². The van der Waals surface area contributed by atoms with E-state index in [4.69, 9.17) is 11.6 Å². The molecule has 1 aliphatic heterocycles. The van der Waals surface area contributed by atoms with Crippen molar-refractivity contribution in [3.05, 3.63) is 58.9 Å². The minimum absolute atomic E-state index is 0.0109. The Morgan fingerprint density at radius 2 is 1.93 bits per heavy atom. The number of carbonyl (C=O) groups excluding carboxylic acids is 2. The van der Waals surface area contributed by atoms with Gasteiger partial charge in [0.15, 0.2) is 0 Å². The molecule has 2 amide bonds. The summed E-state index contributed by atoms with van der Waals surface area (Å²) in [6, 6.07) is 11.4. The number of rotatable bonds is 6. The maximum Gasteiger partial charge on any atom is 0.243 e. The summed E-state index contributed by atoms with van der Waals surface area (Å²) in [5.74, 6) is 0.276. The SMILES string of the molecule is CCC(=O)N(CC(=O)N1CCn2cccc2C1c1ccccc1Cl)CC(C)C. The van der Waals surface area contributed by atoms with Crippen LogP contribution in [0.25, 0.3) is 0 Å². The van der Waals surface area contributed by atoms with Crippen LogP contribution in [0.2, 0.25) is 5.02 Å². The first-order valence-corrected chi connectivity index (χ1v) is 10.3. The van der Waals surface area contributed by atoms with Crippen molar-refractivity contribution in [2.24, 2.45) is 5.92 Å². The third-order valence-electron chi connectivity index (χ3n) is 5.13. The Balaban J connectivity index is 1.91. The standard InChI is InChI=1S/C22H28ClN3O2/c1-4-20(27)25(14-16(2)3)15-21(28)26-13-12-24-11-7-10-19(24)22(26)17-8-5-6-9-18(17)23/h5-11,16,22H,4,12-15H2,1-3H3. The van der Waals surface area contributed by atoms with Crippen LogP contribution in [0.3, 0.4) is 0 Å². The molecule has 1 unspecified atom stereocenters. The van der Waals surface area contributed by atoms with Gasteiger partial charge in [-0.25, -0.2) is 0 Å². The topological polar surface area (TPSA) is 45.6 Å². The molecule has 2 aromatic rings. The number of amides is 2. The van der Waals surface area contributed by atoms with Crippen molar-refractivity contribution >= 4 is 23.4 Å². The third-order valence-corrected chi connectivity index (χ3v) is 5.47. The Morgan fingerprint density at radius 1 is 1.18 bits per heavy atom. The van der Waals surface area contributed by atoms with Gasteiger partial charge in [0.25, 0.3) is 0 Å². The van der Waals surface area contributed by atoms with Crippen molar-refractivity contribution in [3.63, 3.8) is 0 Å². The predicted molar refractivity (Wildman–Crippen MR) is 111 cm³/mol. The van der Waals surface area contributed by atoms with Crippen LogP contribution in [0.5, 0.6) is 0 Å². The minimum Gasteiger partial charge on any atom is -0.348 e. The van der Waals surface area contributed by atoms with Gasteiger partial charge >= 0.3 is 0 Å². The Kier molecular flexibility index (Phi) is 6.45. The molecule has 0 spiro atoms. The summed E-state index contributed by atoms with van der Waals surface area (Å²) in [6.45, 7) is 7.96. The molecule has 1 aromatic carbocycles. The van der Waals surface area contributed by atoms with Gasteiger partial charge in [-0.2, -0.15) is 0 Å². The Bertz CT molecular complexity index is 846. The number of halogens is 1. The van der Waals surface area contributed by atoms with Gasteiger partial charge < -0.3 is 14.4 Å². The first kappa shape index (κ1) is 20.5. The van der Waals surface area contributed by atoms with Crippen LogP contribution in [0, 0.1) is 5.92 Å². The van der Waals surface area contributed by atoms with E-state index in [0.29, 0.717) is 30.5 Å². The van der Waals surface area contributed by atoms with Crippen molar-refractivity contribution in [2.75, 3.05) is 19.6 Å². The minimum atomic E-state index is -0.248. The zero-order chi connectivity index (χ0) is 20.3. The van der Waals surface area contributed by atoms with Gasteiger partial charge in [-0.1, -0.05) is 50.6 Å². The number of hydrogen-bond donors (Lipinski definition) is 0. The zero-order valence-corrected chi connectivity index (χ0v) is 17.5. The van der Waals surface area contributed by atoms with E-state index < -0.39 is 0 Å². The fraction of sp³-hybridized carbons (Fsp3) is 0.455. The van der Waals surface area contributed by atoms with E-state index in [0.717, 1.165) is 17.8 Å². The van der Waals surface area contributed by atoms with E-state index >= 15 is 0 Å². The molecule has 3 rings (SSSR count). The van der Waals surface area contributed by atoms with Crippen molar-refractivity contribution < 1.29 is 9.59 Å². The smallest absolute Gasteiger partial charge is 0.243 e. The Labute approximate surface area is 171 Å². The van der Waals surface area contributed by atoms with Gasteiger partial charge in [-0.3, -0.25) is 9.59 Å². The average molecular weight is 402 g/mol. The molecule has 5 nitrogen and oxygen atoms in total. The fourth-order valence-electron chi connectivity index (χ4n) is 3.85. The molecule has 1 atom stereocenters. The zero-order valence-electron chi connectivity index (χ0n) is 16.8. The lowest BCUT2D eigenvalue weighted by molar-refractivity contribution is -0.142. The largest absolute Gasteiger partial charge is 0.348 e. The molecular weight excluding hydrogens is 374 g/mol. The van der Waals surface area contributed by atoms with Gasteiger partial charge in [0.05, 0.1) is 12.6 Å². The van der Waals surface area contributed by atoms with Crippen molar-refractivity contribution in [2.45, 2.75) is 39.8 Å². The molecule has 0 N–H and O–H groups in total. The van der Waals surface area contributed by atoms with Crippen LogP contribution in [0.4, 0.5) is 0 Å². The highest BCUT2D eigenvalue weighted by molar-refractivity contribution is 6.31. The first-order valence-electron chi connectivity index (χ1n) is 9.89. The number of carbonyl (C=O) groups is 2. The highest BCUT2D eigenvalue weighted by Crippen LogP contribution is 2.36. The van der Waals surface area contributed by atoms with Crippen LogP contribution >= 0.6 is 11.6 Å². The lowest BCUT2D eigenvalue weighted by Gasteiger charge is -2.39. The number of hydrogen-bond acceptors (Lipinski definition) is 2. The van der Waals surface area contributed by atoms with Crippen LogP contribution < -0.4 is 0 Å². The van der Waals surface area contributed by atoms with Crippen molar-refractivity contribution in [3.8, 4) is 0 Å². The third kappa shape index (κ3) is 4.25. The van der Waals surface area contributed by atoms with Gasteiger partial charge in [-0.05, 0) is 29.7 Å². The van der Waals surface area contributed by atoms with E-state index in [1.165, 1.54) is 0 Å². The second-order valence-corrected chi connectivity index (χ2v) is 8.07. The number of aromatic nitrogens is 1. The lowest BCUT2D eigenvalue weighted by Crippen LogP contribution is -2.48. The molecule has 150 valence electrons. The number of nitrogens with zero attached hydrogens (tertiary/aromatic N) is 3. The molecule has 0 saturated carbocycles. The summed E-state index contributed by atoms with van der Waals surface area (Å²) in [5.41, 5.74) is 1.96. The van der Waals surface area contributed by atoms with E-state index in [1.807, 2.05) is 54.4 Å². The van der Waals surface area contributed by atoms with Gasteiger partial charge in [0.2, 0.25) is 11.8 Å². The highest BCUT2D eigenvalue weighted by Gasteiger charge is 2.34. The van der Waals surface area contributed by atoms with Gasteiger partial charge in [-0.15, -0.1) is 0 Å². The summed E-state index contributed by atoms with van der Waals surface area (Å²) in [7, 11) is 0.